The first-order chi connectivity index (χ1) is 9.17. The quantitative estimate of drug-likeness (QED) is 0.760. The Bertz CT molecular complexity index is 402. The summed E-state index contributed by atoms with van der Waals surface area (Å²) < 4.78 is 0. The number of hydrogen-bond acceptors (Lipinski definition) is 5. The Morgan fingerprint density at radius 1 is 1.16 bits per heavy atom. The first-order valence-corrected chi connectivity index (χ1v) is 7.19. The number of rotatable bonds is 5. The standard InChI is InChI=1S/C14H24N4O/c1-3-15-13-8-14(18-10(2)17-13)16-9-11-4-6-12(19)7-5-11/h8,11-12,19H,3-7,9H2,1-2H3,(H2,15,16,17,18). The van der Waals surface area contributed by atoms with Crippen LogP contribution in [0.25, 0.3) is 0 Å². The number of aromatic nitrogens is 2. The van der Waals surface area contributed by atoms with Crippen molar-refractivity contribution in [1.29, 1.82) is 0 Å². The highest BCUT2D eigenvalue weighted by atomic mass is 16.3. The molecule has 0 amide bonds. The van der Waals surface area contributed by atoms with Gasteiger partial charge in [0.05, 0.1) is 6.10 Å². The van der Waals surface area contributed by atoms with Gasteiger partial charge in [-0.05, 0) is 45.4 Å². The van der Waals surface area contributed by atoms with Crippen LogP contribution in [0.5, 0.6) is 0 Å². The molecule has 5 heteroatoms. The Morgan fingerprint density at radius 3 is 2.42 bits per heavy atom. The van der Waals surface area contributed by atoms with E-state index in [1.807, 2.05) is 13.0 Å². The highest BCUT2D eigenvalue weighted by Crippen LogP contribution is 2.24. The van der Waals surface area contributed by atoms with Crippen molar-refractivity contribution in [2.45, 2.75) is 45.6 Å². The van der Waals surface area contributed by atoms with Crippen LogP contribution in [0, 0.1) is 12.8 Å². The normalized spacial score (nSPS) is 23.1. The summed E-state index contributed by atoms with van der Waals surface area (Å²) in [5, 5.41) is 16.1. The fourth-order valence-electron chi connectivity index (χ4n) is 2.53. The molecule has 1 fully saturated rings. The Morgan fingerprint density at radius 2 is 1.79 bits per heavy atom. The zero-order valence-electron chi connectivity index (χ0n) is 11.8. The molecule has 3 N–H and O–H groups in total. The lowest BCUT2D eigenvalue weighted by Crippen LogP contribution is -2.24. The molecule has 1 aromatic rings. The molecule has 1 heterocycles. The Hall–Kier alpha value is -1.36. The third-order valence-corrected chi connectivity index (χ3v) is 3.58. The average molecular weight is 264 g/mol. The zero-order chi connectivity index (χ0) is 13.7. The van der Waals surface area contributed by atoms with Crippen molar-refractivity contribution in [3.8, 4) is 0 Å². The van der Waals surface area contributed by atoms with Crippen LogP contribution in [0.1, 0.15) is 38.4 Å². The summed E-state index contributed by atoms with van der Waals surface area (Å²) in [7, 11) is 0. The van der Waals surface area contributed by atoms with Gasteiger partial charge in [0.25, 0.3) is 0 Å². The number of anilines is 2. The van der Waals surface area contributed by atoms with E-state index in [1.165, 1.54) is 0 Å². The van der Waals surface area contributed by atoms with Crippen molar-refractivity contribution in [3.63, 3.8) is 0 Å². The molecule has 0 atom stereocenters. The van der Waals surface area contributed by atoms with Crippen LogP contribution in [0.15, 0.2) is 6.07 Å². The topological polar surface area (TPSA) is 70.1 Å². The summed E-state index contributed by atoms with van der Waals surface area (Å²) in [5.41, 5.74) is 0. The third kappa shape index (κ3) is 4.35. The largest absolute Gasteiger partial charge is 0.393 e. The minimum atomic E-state index is -0.0853. The number of nitrogens with zero attached hydrogens (tertiary/aromatic N) is 2. The van der Waals surface area contributed by atoms with Gasteiger partial charge < -0.3 is 15.7 Å². The van der Waals surface area contributed by atoms with Gasteiger partial charge in [0.15, 0.2) is 0 Å². The first kappa shape index (κ1) is 14.1. The Balaban J connectivity index is 1.88. The molecule has 0 spiro atoms. The average Bonchev–Trinajstić information content (AvgIpc) is 2.38. The molecule has 0 aliphatic heterocycles. The van der Waals surface area contributed by atoms with E-state index in [4.69, 9.17) is 0 Å². The van der Waals surface area contributed by atoms with Crippen molar-refractivity contribution in [2.75, 3.05) is 23.7 Å². The summed E-state index contributed by atoms with van der Waals surface area (Å²) in [6, 6.07) is 1.95. The van der Waals surface area contributed by atoms with Gasteiger partial charge in [-0.2, -0.15) is 0 Å². The van der Waals surface area contributed by atoms with Gasteiger partial charge in [0.1, 0.15) is 17.5 Å². The summed E-state index contributed by atoms with van der Waals surface area (Å²) in [4.78, 5) is 8.74. The van der Waals surface area contributed by atoms with Crippen molar-refractivity contribution in [2.24, 2.45) is 5.92 Å². The molecule has 5 nitrogen and oxygen atoms in total. The lowest BCUT2D eigenvalue weighted by atomic mass is 9.87. The van der Waals surface area contributed by atoms with Gasteiger partial charge in [-0.3, -0.25) is 0 Å². The van der Waals surface area contributed by atoms with E-state index in [0.29, 0.717) is 5.92 Å². The second-order valence-electron chi connectivity index (χ2n) is 5.27. The number of nitrogens with one attached hydrogen (secondary N) is 2. The van der Waals surface area contributed by atoms with E-state index in [0.717, 1.165) is 56.2 Å². The second kappa shape index (κ2) is 6.70. The smallest absolute Gasteiger partial charge is 0.131 e. The van der Waals surface area contributed by atoms with E-state index < -0.39 is 0 Å². The maximum absolute atomic E-state index is 9.49. The molecule has 106 valence electrons. The predicted molar refractivity (Wildman–Crippen MR) is 77.4 cm³/mol. The van der Waals surface area contributed by atoms with Crippen molar-refractivity contribution in [3.05, 3.63) is 11.9 Å². The lowest BCUT2D eigenvalue weighted by molar-refractivity contribution is 0.111. The highest BCUT2D eigenvalue weighted by molar-refractivity contribution is 5.47. The van der Waals surface area contributed by atoms with Gasteiger partial charge in [0, 0.05) is 19.2 Å². The van der Waals surface area contributed by atoms with Gasteiger partial charge >= 0.3 is 0 Å². The second-order valence-corrected chi connectivity index (χ2v) is 5.27. The van der Waals surface area contributed by atoms with Gasteiger partial charge in [0.2, 0.25) is 0 Å². The summed E-state index contributed by atoms with van der Waals surface area (Å²) in [6.45, 7) is 5.74. The summed E-state index contributed by atoms with van der Waals surface area (Å²) >= 11 is 0. The van der Waals surface area contributed by atoms with Crippen LogP contribution in [0.3, 0.4) is 0 Å². The highest BCUT2D eigenvalue weighted by Gasteiger charge is 2.19. The van der Waals surface area contributed by atoms with Crippen LogP contribution >= 0.6 is 0 Å². The maximum atomic E-state index is 9.49. The lowest BCUT2D eigenvalue weighted by Gasteiger charge is -2.25. The van der Waals surface area contributed by atoms with Crippen molar-refractivity contribution in [1.82, 2.24) is 9.97 Å². The summed E-state index contributed by atoms with van der Waals surface area (Å²) in [6.07, 6.45) is 3.96. The molecular formula is C14H24N4O. The molecule has 1 aliphatic rings. The molecular weight excluding hydrogens is 240 g/mol. The molecule has 1 aromatic heterocycles. The number of aliphatic hydroxyl groups is 1. The Kier molecular flexibility index (Phi) is 4.96. The molecule has 0 saturated heterocycles. The van der Waals surface area contributed by atoms with E-state index in [9.17, 15) is 5.11 Å². The SMILES string of the molecule is CCNc1cc(NCC2CCC(O)CC2)nc(C)n1. The molecule has 1 aliphatic carbocycles. The van der Waals surface area contributed by atoms with E-state index in [2.05, 4.69) is 27.5 Å². The van der Waals surface area contributed by atoms with Crippen molar-refractivity contribution >= 4 is 11.6 Å². The van der Waals surface area contributed by atoms with Gasteiger partial charge in [-0.15, -0.1) is 0 Å². The fraction of sp³-hybridized carbons (Fsp3) is 0.714. The number of aryl methyl sites for hydroxylation is 1. The molecule has 2 rings (SSSR count). The van der Waals surface area contributed by atoms with E-state index >= 15 is 0 Å². The maximum Gasteiger partial charge on any atom is 0.131 e. The molecule has 0 radical (unpaired) electrons. The minimum absolute atomic E-state index is 0.0853. The zero-order valence-corrected chi connectivity index (χ0v) is 11.8. The van der Waals surface area contributed by atoms with E-state index in [-0.39, 0.29) is 6.10 Å². The molecule has 1 saturated carbocycles. The van der Waals surface area contributed by atoms with Crippen LogP contribution in [0.4, 0.5) is 11.6 Å². The van der Waals surface area contributed by atoms with Crippen LogP contribution in [-0.4, -0.2) is 34.3 Å². The molecule has 19 heavy (non-hydrogen) atoms. The Labute approximate surface area is 114 Å². The predicted octanol–water partition coefficient (Wildman–Crippen LogP) is 2.18. The summed E-state index contributed by atoms with van der Waals surface area (Å²) in [5.74, 6) is 3.17. The minimum Gasteiger partial charge on any atom is -0.393 e. The first-order valence-electron chi connectivity index (χ1n) is 7.19. The third-order valence-electron chi connectivity index (χ3n) is 3.58. The molecule has 0 bridgehead atoms. The van der Waals surface area contributed by atoms with Crippen LogP contribution < -0.4 is 10.6 Å². The van der Waals surface area contributed by atoms with Gasteiger partial charge in [-0.1, -0.05) is 0 Å². The van der Waals surface area contributed by atoms with Crippen molar-refractivity contribution < 1.29 is 5.11 Å². The monoisotopic (exact) mass is 264 g/mol. The van der Waals surface area contributed by atoms with Gasteiger partial charge in [-0.25, -0.2) is 9.97 Å². The van der Waals surface area contributed by atoms with Crippen LogP contribution in [0.2, 0.25) is 0 Å². The number of aliphatic hydroxyl groups excluding tert-OH is 1. The van der Waals surface area contributed by atoms with Crippen LogP contribution in [-0.2, 0) is 0 Å². The molecule has 0 unspecified atom stereocenters. The number of hydrogen-bond donors (Lipinski definition) is 3. The van der Waals surface area contributed by atoms with E-state index in [1.54, 1.807) is 0 Å². The fourth-order valence-corrected chi connectivity index (χ4v) is 2.53. The molecule has 0 aromatic carbocycles.